The summed E-state index contributed by atoms with van der Waals surface area (Å²) < 4.78 is 6.55. The van der Waals surface area contributed by atoms with Gasteiger partial charge in [0.25, 0.3) is 5.91 Å². The van der Waals surface area contributed by atoms with Crippen LogP contribution in [0.1, 0.15) is 36.8 Å². The Morgan fingerprint density at radius 3 is 2.38 bits per heavy atom. The predicted octanol–water partition coefficient (Wildman–Crippen LogP) is 1.42. The zero-order valence-electron chi connectivity index (χ0n) is 14.2. The molecular weight excluding hydrogens is 310 g/mol. The molecule has 0 saturated heterocycles. The third kappa shape index (κ3) is 3.89. The van der Waals surface area contributed by atoms with Crippen molar-refractivity contribution < 1.29 is 14.3 Å². The van der Waals surface area contributed by atoms with Gasteiger partial charge >= 0.3 is 0 Å². The Hall–Kier alpha value is -2.90. The normalized spacial score (nSPS) is 11.2. The number of aromatic nitrogens is 3. The Morgan fingerprint density at radius 2 is 1.88 bits per heavy atom. The fraction of sp³-hybridized carbons (Fsp3) is 0.375. The van der Waals surface area contributed by atoms with Crippen molar-refractivity contribution in [3.63, 3.8) is 0 Å². The molecule has 0 spiro atoms. The number of benzene rings is 1. The zero-order valence-corrected chi connectivity index (χ0v) is 14.2. The van der Waals surface area contributed by atoms with Gasteiger partial charge < -0.3 is 15.8 Å². The molecule has 0 saturated carbocycles. The quantitative estimate of drug-likeness (QED) is 0.860. The van der Waals surface area contributed by atoms with Gasteiger partial charge in [0.15, 0.2) is 11.5 Å². The van der Waals surface area contributed by atoms with E-state index >= 15 is 0 Å². The first-order valence-electron chi connectivity index (χ1n) is 7.40. The van der Waals surface area contributed by atoms with Crippen LogP contribution >= 0.6 is 0 Å². The number of rotatable bonds is 5. The Morgan fingerprint density at radius 1 is 1.25 bits per heavy atom. The van der Waals surface area contributed by atoms with Crippen molar-refractivity contribution in [3.05, 3.63) is 35.5 Å². The second-order valence-electron chi connectivity index (χ2n) is 6.36. The molecule has 1 aromatic heterocycles. The summed E-state index contributed by atoms with van der Waals surface area (Å²) in [7, 11) is 1.59. The number of hydrogen-bond donors (Lipinski definition) is 2. The number of carbonyl (C=O) groups is 2. The molecule has 24 heavy (non-hydrogen) atoms. The average molecular weight is 331 g/mol. The van der Waals surface area contributed by atoms with E-state index in [-0.39, 0.29) is 17.4 Å². The molecule has 8 heteroatoms. The van der Waals surface area contributed by atoms with Gasteiger partial charge in [-0.3, -0.25) is 9.59 Å². The molecule has 0 aliphatic heterocycles. The van der Waals surface area contributed by atoms with Crippen LogP contribution in [0.15, 0.2) is 24.3 Å². The molecule has 128 valence electrons. The highest BCUT2D eigenvalue weighted by atomic mass is 16.5. The number of nitrogens with zero attached hydrogens (tertiary/aromatic N) is 3. The van der Waals surface area contributed by atoms with E-state index < -0.39 is 11.3 Å². The monoisotopic (exact) mass is 331 g/mol. The Labute approximate surface area is 140 Å². The summed E-state index contributed by atoms with van der Waals surface area (Å²) >= 11 is 0. The van der Waals surface area contributed by atoms with Gasteiger partial charge in [0.05, 0.1) is 13.7 Å². The van der Waals surface area contributed by atoms with Crippen LogP contribution in [0.25, 0.3) is 0 Å². The van der Waals surface area contributed by atoms with E-state index in [1.165, 1.54) is 4.68 Å². The number of methoxy groups -OCH3 is 1. The van der Waals surface area contributed by atoms with E-state index in [2.05, 4.69) is 15.6 Å². The summed E-state index contributed by atoms with van der Waals surface area (Å²) in [6.45, 7) is 5.63. The third-order valence-electron chi connectivity index (χ3n) is 3.37. The molecule has 2 amide bonds. The Balaban J connectivity index is 2.32. The maximum atomic E-state index is 12.2. The van der Waals surface area contributed by atoms with Crippen molar-refractivity contribution in [1.29, 1.82) is 0 Å². The fourth-order valence-electron chi connectivity index (χ4n) is 1.91. The second kappa shape index (κ2) is 6.69. The standard InChI is InChI=1S/C16H21N5O3/c1-16(2,3)15(23)18-14-12(13(17)22)19-20-21(14)9-10-5-7-11(24-4)8-6-10/h5-8H,9H2,1-4H3,(H2,17,22)(H,18,23). The van der Waals surface area contributed by atoms with Crippen molar-refractivity contribution in [2.75, 3.05) is 12.4 Å². The molecule has 0 aliphatic carbocycles. The minimum Gasteiger partial charge on any atom is -0.497 e. The SMILES string of the molecule is COc1ccc(Cn2nnc(C(N)=O)c2NC(=O)C(C)(C)C)cc1. The van der Waals surface area contributed by atoms with Crippen LogP contribution in [0.2, 0.25) is 0 Å². The molecule has 2 aromatic rings. The van der Waals surface area contributed by atoms with Gasteiger partial charge in [0.1, 0.15) is 5.75 Å². The van der Waals surface area contributed by atoms with Gasteiger partial charge in [-0.05, 0) is 17.7 Å². The number of nitrogens with two attached hydrogens (primary N) is 1. The van der Waals surface area contributed by atoms with E-state index in [1.54, 1.807) is 27.9 Å². The zero-order chi connectivity index (χ0) is 17.9. The lowest BCUT2D eigenvalue weighted by molar-refractivity contribution is -0.123. The van der Waals surface area contributed by atoms with Gasteiger partial charge in [-0.25, -0.2) is 4.68 Å². The lowest BCUT2D eigenvalue weighted by Gasteiger charge is -2.18. The number of amides is 2. The molecule has 3 N–H and O–H groups in total. The van der Waals surface area contributed by atoms with Crippen LogP contribution in [0.4, 0.5) is 5.82 Å². The number of nitrogens with one attached hydrogen (secondary N) is 1. The molecule has 0 aliphatic rings. The summed E-state index contributed by atoms with van der Waals surface area (Å²) in [6, 6.07) is 7.35. The molecule has 1 heterocycles. The summed E-state index contributed by atoms with van der Waals surface area (Å²) in [6.07, 6.45) is 0. The van der Waals surface area contributed by atoms with Gasteiger partial charge in [0, 0.05) is 5.41 Å². The lowest BCUT2D eigenvalue weighted by Crippen LogP contribution is -2.30. The van der Waals surface area contributed by atoms with Gasteiger partial charge in [-0.2, -0.15) is 0 Å². The summed E-state index contributed by atoms with van der Waals surface area (Å²) in [4.78, 5) is 23.8. The van der Waals surface area contributed by atoms with E-state index in [4.69, 9.17) is 10.5 Å². The lowest BCUT2D eigenvalue weighted by atomic mass is 9.96. The number of carbonyl (C=O) groups excluding carboxylic acids is 2. The maximum Gasteiger partial charge on any atom is 0.273 e. The number of primary amides is 1. The maximum absolute atomic E-state index is 12.2. The van der Waals surface area contributed by atoms with Crippen LogP contribution in [0.3, 0.4) is 0 Å². The van der Waals surface area contributed by atoms with Crippen molar-refractivity contribution in [2.45, 2.75) is 27.3 Å². The molecular formula is C16H21N5O3. The molecule has 2 rings (SSSR count). The molecule has 0 radical (unpaired) electrons. The third-order valence-corrected chi connectivity index (χ3v) is 3.37. The summed E-state index contributed by atoms with van der Waals surface area (Å²) in [5.41, 5.74) is 5.52. The van der Waals surface area contributed by atoms with Crippen LogP contribution in [-0.2, 0) is 11.3 Å². The number of hydrogen-bond acceptors (Lipinski definition) is 5. The summed E-state index contributed by atoms with van der Waals surface area (Å²) in [5.74, 6) is -0.0851. The summed E-state index contributed by atoms with van der Waals surface area (Å²) in [5, 5.41) is 10.4. The average Bonchev–Trinajstić information content (AvgIpc) is 2.90. The first-order chi connectivity index (χ1) is 11.2. The molecule has 0 bridgehead atoms. The first kappa shape index (κ1) is 17.5. The Kier molecular flexibility index (Phi) is 4.87. The van der Waals surface area contributed by atoms with Crippen molar-refractivity contribution in [2.24, 2.45) is 11.1 Å². The molecule has 8 nitrogen and oxygen atoms in total. The molecule has 1 aromatic carbocycles. The number of anilines is 1. The van der Waals surface area contributed by atoms with Crippen LogP contribution < -0.4 is 15.8 Å². The smallest absolute Gasteiger partial charge is 0.273 e. The highest BCUT2D eigenvalue weighted by Crippen LogP contribution is 2.20. The minimum absolute atomic E-state index is 0.0684. The van der Waals surface area contributed by atoms with Gasteiger partial charge in [0.2, 0.25) is 5.91 Å². The number of ether oxygens (including phenoxy) is 1. The molecule has 0 fully saturated rings. The predicted molar refractivity (Wildman–Crippen MR) is 88.7 cm³/mol. The van der Waals surface area contributed by atoms with E-state index in [0.717, 1.165) is 11.3 Å². The van der Waals surface area contributed by atoms with Crippen LogP contribution in [-0.4, -0.2) is 33.9 Å². The van der Waals surface area contributed by atoms with Crippen LogP contribution in [0, 0.1) is 5.41 Å². The van der Waals surface area contributed by atoms with Crippen molar-refractivity contribution >= 4 is 17.6 Å². The van der Waals surface area contributed by atoms with Crippen molar-refractivity contribution in [3.8, 4) is 5.75 Å². The van der Waals surface area contributed by atoms with Crippen molar-refractivity contribution in [1.82, 2.24) is 15.0 Å². The molecule has 0 atom stereocenters. The minimum atomic E-state index is -0.750. The highest BCUT2D eigenvalue weighted by Gasteiger charge is 2.26. The molecule has 0 unspecified atom stereocenters. The largest absolute Gasteiger partial charge is 0.497 e. The van der Waals surface area contributed by atoms with E-state index in [1.807, 2.05) is 24.3 Å². The highest BCUT2D eigenvalue weighted by molar-refractivity contribution is 6.01. The van der Waals surface area contributed by atoms with Gasteiger partial charge in [-0.15, -0.1) is 5.10 Å². The van der Waals surface area contributed by atoms with E-state index in [9.17, 15) is 9.59 Å². The second-order valence-corrected chi connectivity index (χ2v) is 6.36. The topological polar surface area (TPSA) is 112 Å². The first-order valence-corrected chi connectivity index (χ1v) is 7.40. The van der Waals surface area contributed by atoms with Crippen LogP contribution in [0.5, 0.6) is 5.75 Å². The van der Waals surface area contributed by atoms with E-state index in [0.29, 0.717) is 6.54 Å². The fourth-order valence-corrected chi connectivity index (χ4v) is 1.91. The van der Waals surface area contributed by atoms with Gasteiger partial charge in [-0.1, -0.05) is 38.1 Å². The Bertz CT molecular complexity index is 744.